The van der Waals surface area contributed by atoms with Crippen molar-refractivity contribution < 1.29 is 0 Å². The predicted molar refractivity (Wildman–Crippen MR) is 73.7 cm³/mol. The van der Waals surface area contributed by atoms with Crippen LogP contribution in [-0.2, 0) is 0 Å². The van der Waals surface area contributed by atoms with E-state index in [0.717, 1.165) is 0 Å². The molecule has 0 fully saturated rings. The third kappa shape index (κ3) is 11.0. The first kappa shape index (κ1) is 15.7. The van der Waals surface area contributed by atoms with E-state index in [1.165, 1.54) is 0 Å². The Balaban J connectivity index is 4.25. The molecule has 0 aliphatic heterocycles. The molecule has 0 nitrogen and oxygen atoms in total. The molecule has 0 aliphatic carbocycles. The van der Waals surface area contributed by atoms with Crippen LogP contribution >= 0.6 is 77.6 Å². The van der Waals surface area contributed by atoms with Gasteiger partial charge >= 0.3 is 6.00 Å². The maximum absolute atomic E-state index is 6.06. The van der Waals surface area contributed by atoms with Gasteiger partial charge in [0.05, 0.1) is 0 Å². The minimum absolute atomic E-state index is 0.274. The Labute approximate surface area is 114 Å². The molecular weight excluding hydrogens is 368 g/mol. The second kappa shape index (κ2) is 5.34. The molecule has 0 unspecified atom stereocenters. The maximum Gasteiger partial charge on any atom is 0.341 e. The third-order valence-corrected chi connectivity index (χ3v) is 20.1. The molecule has 0 atom stereocenters. The van der Waals surface area contributed by atoms with E-state index in [4.69, 9.17) is 77.6 Å². The van der Waals surface area contributed by atoms with Crippen molar-refractivity contribution in [2.75, 3.05) is 0 Å². The first-order valence-corrected chi connectivity index (χ1v) is 17.6. The second-order valence-electron chi connectivity index (χ2n) is 2.89. The normalized spacial score (nSPS) is 14.8. The van der Waals surface area contributed by atoms with Crippen molar-refractivity contribution >= 4 is 96.9 Å². The largest absolute Gasteiger partial charge is 0.341 e. The molecule has 0 heterocycles. The lowest BCUT2D eigenvalue weighted by atomic mass is 11.8. The van der Waals surface area contributed by atoms with Crippen LogP contribution in [0.3, 0.4) is 0 Å². The van der Waals surface area contributed by atoms with E-state index >= 15 is 0 Å². The number of hydrogen-bond acceptors (Lipinski definition) is 0. The van der Waals surface area contributed by atoms with Gasteiger partial charge in [-0.25, -0.2) is 0 Å². The van der Waals surface area contributed by atoms with E-state index in [-0.39, 0.29) is 5.67 Å². The molecule has 0 spiro atoms. The Hall–Kier alpha value is 2.68. The summed E-state index contributed by atoms with van der Waals surface area (Å²) in [5.41, 5.74) is 0.697. The summed E-state index contributed by atoms with van der Waals surface area (Å²) in [5.74, 6) is 0. The van der Waals surface area contributed by atoms with Crippen molar-refractivity contribution in [2.45, 2.75) is 17.9 Å². The molecule has 13 heavy (non-hydrogen) atoms. The first-order chi connectivity index (χ1) is 5.41. The molecule has 0 rings (SSSR count). The molecule has 0 aliphatic rings. The van der Waals surface area contributed by atoms with Crippen LogP contribution < -0.4 is 0 Å². The van der Waals surface area contributed by atoms with E-state index in [0.29, 0.717) is 5.67 Å². The lowest BCUT2D eigenvalue weighted by Crippen LogP contribution is -2.35. The monoisotopic (exact) mass is 372 g/mol. The second-order valence-corrected chi connectivity index (χ2v) is 28.9. The Kier molecular flexibility index (Phi) is 6.44. The summed E-state index contributed by atoms with van der Waals surface area (Å²) in [6.45, 7) is -3.12. The highest BCUT2D eigenvalue weighted by Gasteiger charge is 2.45. The quantitative estimate of drug-likeness (QED) is 0.469. The van der Waals surface area contributed by atoms with Crippen LogP contribution in [-0.4, -0.2) is 19.4 Å². The van der Waals surface area contributed by atoms with E-state index in [1.54, 1.807) is 6.55 Å². The minimum Gasteiger partial charge on any atom is -0.146 e. The minimum atomic E-state index is -2.77. The summed E-state index contributed by atoms with van der Waals surface area (Å²) in [4.78, 5) is 0. The van der Waals surface area contributed by atoms with Gasteiger partial charge in [0.1, 0.15) is 0 Å². The van der Waals surface area contributed by atoms with Crippen molar-refractivity contribution in [3.05, 3.63) is 0 Å². The average Bonchev–Trinajstić information content (AvgIpc) is 1.43. The van der Waals surface area contributed by atoms with Crippen molar-refractivity contribution in [3.8, 4) is 0 Å². The SMILES string of the molecule is C[Si](Cl)(Cl)C[Si](Cl)(Cl)C[Si](Cl)(Cl)Cl. The zero-order chi connectivity index (χ0) is 10.9. The van der Waals surface area contributed by atoms with Gasteiger partial charge in [0, 0.05) is 5.67 Å². The molecule has 0 saturated heterocycles. The molecule has 0 saturated carbocycles. The zero-order valence-corrected chi connectivity index (χ0v) is 14.9. The van der Waals surface area contributed by atoms with Crippen LogP contribution in [0, 0.1) is 0 Å². The smallest absolute Gasteiger partial charge is 0.146 e. The fraction of sp³-hybridized carbons (Fsp3) is 1.00. The number of hydrogen-bond donors (Lipinski definition) is 0. The van der Waals surface area contributed by atoms with Gasteiger partial charge in [-0.3, -0.25) is 0 Å². The maximum atomic E-state index is 6.06. The van der Waals surface area contributed by atoms with E-state index in [1.807, 2.05) is 0 Å². The van der Waals surface area contributed by atoms with Crippen molar-refractivity contribution in [1.29, 1.82) is 0 Å². The van der Waals surface area contributed by atoms with E-state index in [2.05, 4.69) is 0 Å². The Morgan fingerprint density at radius 2 is 1.15 bits per heavy atom. The fourth-order valence-corrected chi connectivity index (χ4v) is 33.3. The van der Waals surface area contributed by atoms with E-state index in [9.17, 15) is 0 Å². The van der Waals surface area contributed by atoms with Crippen LogP contribution in [0.25, 0.3) is 0 Å². The lowest BCUT2D eigenvalue weighted by Gasteiger charge is -2.23. The lowest BCUT2D eigenvalue weighted by molar-refractivity contribution is 1.76. The van der Waals surface area contributed by atoms with Crippen LogP contribution in [0.1, 0.15) is 0 Å². The van der Waals surface area contributed by atoms with Crippen LogP contribution in [0.15, 0.2) is 0 Å². The summed E-state index contributed by atoms with van der Waals surface area (Å²) in [7, 11) is 0. The summed E-state index contributed by atoms with van der Waals surface area (Å²) in [6, 6.07) is -2.77. The highest BCUT2D eigenvalue weighted by atomic mass is 35.8. The van der Waals surface area contributed by atoms with E-state index < -0.39 is 19.4 Å². The zero-order valence-electron chi connectivity index (χ0n) is 6.56. The van der Waals surface area contributed by atoms with Crippen LogP contribution in [0.4, 0.5) is 0 Å². The Morgan fingerprint density at radius 3 is 1.38 bits per heavy atom. The average molecular weight is 376 g/mol. The summed E-state index contributed by atoms with van der Waals surface area (Å²) >= 11 is 41.1. The van der Waals surface area contributed by atoms with Crippen molar-refractivity contribution in [2.24, 2.45) is 0 Å². The summed E-state index contributed by atoms with van der Waals surface area (Å²) in [6.07, 6.45) is 0. The predicted octanol–water partition coefficient (Wildman–Crippen LogP) is 5.19. The van der Waals surface area contributed by atoms with Gasteiger partial charge in [-0.2, -0.15) is 0 Å². The molecule has 0 aromatic rings. The fourth-order valence-electron chi connectivity index (χ4n) is 0.810. The van der Waals surface area contributed by atoms with Crippen molar-refractivity contribution in [1.82, 2.24) is 0 Å². The Morgan fingerprint density at radius 1 is 0.769 bits per heavy atom. The van der Waals surface area contributed by atoms with Gasteiger partial charge in [0.25, 0.3) is 6.69 Å². The van der Waals surface area contributed by atoms with Crippen LogP contribution in [0.2, 0.25) is 17.9 Å². The molecule has 0 amide bonds. The molecule has 0 bridgehead atoms. The number of rotatable bonds is 4. The van der Waals surface area contributed by atoms with Gasteiger partial charge in [-0.1, -0.05) is 0 Å². The highest BCUT2D eigenvalue weighted by molar-refractivity contribution is 7.70. The summed E-state index contributed by atoms with van der Waals surface area (Å²) < 4.78 is 0. The topological polar surface area (TPSA) is 0 Å². The molecular formula is C3H7Cl7Si3. The van der Waals surface area contributed by atoms with Gasteiger partial charge in [0.2, 0.25) is 6.69 Å². The molecule has 0 N–H and O–H groups in total. The van der Waals surface area contributed by atoms with Gasteiger partial charge < -0.3 is 0 Å². The molecule has 80 valence electrons. The third-order valence-electron chi connectivity index (χ3n) is 1.03. The Bertz CT molecular complexity index is 151. The molecule has 0 aromatic heterocycles. The summed E-state index contributed by atoms with van der Waals surface area (Å²) in [5, 5.41) is 0. The van der Waals surface area contributed by atoms with Gasteiger partial charge in [-0.05, 0) is 12.2 Å². The molecule has 0 radical (unpaired) electrons. The highest BCUT2D eigenvalue weighted by Crippen LogP contribution is 2.40. The standard InChI is InChI=1S/C3H7Cl7Si3/c1-11(4,5)2-12(6,7)3-13(8,9)10/h2-3H2,1H3. The van der Waals surface area contributed by atoms with Crippen molar-refractivity contribution in [3.63, 3.8) is 0 Å². The van der Waals surface area contributed by atoms with Crippen LogP contribution in [0.5, 0.6) is 0 Å². The first-order valence-electron chi connectivity index (χ1n) is 3.24. The molecule has 0 aromatic carbocycles. The molecule has 10 heteroatoms. The van der Waals surface area contributed by atoms with Gasteiger partial charge in [-0.15, -0.1) is 77.6 Å². The van der Waals surface area contributed by atoms with Gasteiger partial charge in [0.15, 0.2) is 0 Å². The number of halogens is 7.